The molecule has 0 aliphatic carbocycles. The molecule has 1 aliphatic heterocycles. The normalized spacial score (nSPS) is 15.1. The Labute approximate surface area is 225 Å². The van der Waals surface area contributed by atoms with Crippen molar-refractivity contribution in [2.24, 2.45) is 11.1 Å². The van der Waals surface area contributed by atoms with Gasteiger partial charge in [-0.2, -0.15) is 0 Å². The quantitative estimate of drug-likeness (QED) is 0.196. The lowest BCUT2D eigenvalue weighted by molar-refractivity contribution is 0.208. The number of hydrogen-bond acceptors (Lipinski definition) is 6. The molecule has 9 heteroatoms. The van der Waals surface area contributed by atoms with Gasteiger partial charge in [-0.3, -0.25) is 9.20 Å². The Morgan fingerprint density at radius 2 is 1.87 bits per heavy atom. The summed E-state index contributed by atoms with van der Waals surface area (Å²) in [5, 5.41) is 12.9. The highest BCUT2D eigenvalue weighted by atomic mass is 19.1. The molecule has 0 saturated carbocycles. The van der Waals surface area contributed by atoms with Crippen LogP contribution < -0.4 is 10.3 Å². The van der Waals surface area contributed by atoms with E-state index in [-0.39, 0.29) is 22.8 Å². The minimum atomic E-state index is -0.737. The number of rotatable bonds is 8. The molecule has 2 aromatic carbocycles. The lowest BCUT2D eigenvalue weighted by Gasteiger charge is -2.32. The summed E-state index contributed by atoms with van der Waals surface area (Å²) in [6.45, 7) is 4.29. The Balaban J connectivity index is 1.24. The third-order valence-electron chi connectivity index (χ3n) is 7.32. The van der Waals surface area contributed by atoms with Crippen LogP contribution in [-0.4, -0.2) is 44.8 Å². The van der Waals surface area contributed by atoms with Gasteiger partial charge in [-0.05, 0) is 69.1 Å². The molecule has 1 N–H and O–H groups in total. The van der Waals surface area contributed by atoms with Crippen LogP contribution in [0, 0.1) is 24.5 Å². The molecular formula is C30H30F2N4O3. The zero-order valence-corrected chi connectivity index (χ0v) is 21.7. The SMILES string of the molecule is Cc1nc2c(OCc3ccccc3)cccn2c(=O)c1CCN1CCC(/C(=N/O)c2ccc(F)cc2F)CC1. The van der Waals surface area contributed by atoms with Gasteiger partial charge in [-0.1, -0.05) is 35.5 Å². The first-order valence-corrected chi connectivity index (χ1v) is 13.0. The summed E-state index contributed by atoms with van der Waals surface area (Å²) < 4.78 is 35.1. The molecule has 1 saturated heterocycles. The Hall–Kier alpha value is -4.11. The number of benzene rings is 2. The highest BCUT2D eigenvalue weighted by molar-refractivity contribution is 6.02. The molecule has 0 unspecified atom stereocenters. The van der Waals surface area contributed by atoms with Gasteiger partial charge in [0.1, 0.15) is 18.2 Å². The molecule has 7 nitrogen and oxygen atoms in total. The Bertz CT molecular complexity index is 1550. The van der Waals surface area contributed by atoms with Gasteiger partial charge in [-0.25, -0.2) is 13.8 Å². The molecule has 4 aromatic rings. The van der Waals surface area contributed by atoms with Crippen LogP contribution in [-0.2, 0) is 13.0 Å². The largest absolute Gasteiger partial charge is 0.485 e. The van der Waals surface area contributed by atoms with E-state index in [9.17, 15) is 18.8 Å². The van der Waals surface area contributed by atoms with Crippen molar-refractivity contribution in [1.29, 1.82) is 0 Å². The highest BCUT2D eigenvalue weighted by Gasteiger charge is 2.27. The number of fused-ring (bicyclic) bond motifs is 1. The lowest BCUT2D eigenvalue weighted by Crippen LogP contribution is -2.38. The lowest BCUT2D eigenvalue weighted by atomic mass is 9.88. The number of oxime groups is 1. The molecule has 0 atom stereocenters. The van der Waals surface area contributed by atoms with Crippen LogP contribution in [0.1, 0.15) is 35.2 Å². The van der Waals surface area contributed by atoms with Gasteiger partial charge in [0.05, 0.1) is 5.71 Å². The summed E-state index contributed by atoms with van der Waals surface area (Å²) in [6, 6.07) is 16.7. The number of ether oxygens (including phenoxy) is 1. The maximum atomic E-state index is 14.3. The van der Waals surface area contributed by atoms with Gasteiger partial charge in [0, 0.05) is 41.5 Å². The number of aryl methyl sites for hydroxylation is 1. The second kappa shape index (κ2) is 11.7. The maximum Gasteiger partial charge on any atom is 0.261 e. The van der Waals surface area contributed by atoms with E-state index in [2.05, 4.69) is 10.1 Å². The fraction of sp³-hybridized carbons (Fsp3) is 0.300. The van der Waals surface area contributed by atoms with Gasteiger partial charge >= 0.3 is 0 Å². The highest BCUT2D eigenvalue weighted by Crippen LogP contribution is 2.25. The Kier molecular flexibility index (Phi) is 7.97. The first kappa shape index (κ1) is 26.5. The Morgan fingerprint density at radius 3 is 2.59 bits per heavy atom. The molecule has 1 aliphatic rings. The average Bonchev–Trinajstić information content (AvgIpc) is 2.94. The van der Waals surface area contributed by atoms with Crippen molar-refractivity contribution >= 4 is 11.4 Å². The number of hydrogen-bond donors (Lipinski definition) is 1. The van der Waals surface area contributed by atoms with E-state index in [0.29, 0.717) is 68.2 Å². The van der Waals surface area contributed by atoms with Crippen molar-refractivity contribution in [2.75, 3.05) is 19.6 Å². The molecule has 3 heterocycles. The van der Waals surface area contributed by atoms with Gasteiger partial charge in [0.15, 0.2) is 11.4 Å². The second-order valence-corrected chi connectivity index (χ2v) is 9.80. The molecule has 0 radical (unpaired) electrons. The number of nitrogens with zero attached hydrogens (tertiary/aromatic N) is 4. The first-order valence-electron chi connectivity index (χ1n) is 13.0. The summed E-state index contributed by atoms with van der Waals surface area (Å²) >= 11 is 0. The van der Waals surface area contributed by atoms with Crippen molar-refractivity contribution in [3.63, 3.8) is 0 Å². The van der Waals surface area contributed by atoms with Crippen LogP contribution in [0.2, 0.25) is 0 Å². The van der Waals surface area contributed by atoms with Crippen LogP contribution in [0.4, 0.5) is 8.78 Å². The van der Waals surface area contributed by atoms with Crippen molar-refractivity contribution in [3.05, 3.63) is 111 Å². The molecule has 1 fully saturated rings. The van der Waals surface area contributed by atoms with E-state index in [4.69, 9.17) is 9.72 Å². The van der Waals surface area contributed by atoms with E-state index < -0.39 is 11.6 Å². The number of likely N-dealkylation sites (tertiary alicyclic amines) is 1. The second-order valence-electron chi connectivity index (χ2n) is 9.80. The summed E-state index contributed by atoms with van der Waals surface area (Å²) in [5.41, 5.74) is 3.09. The zero-order chi connectivity index (χ0) is 27.4. The Morgan fingerprint density at radius 1 is 1.10 bits per heavy atom. The van der Waals surface area contributed by atoms with Crippen molar-refractivity contribution in [3.8, 4) is 5.75 Å². The minimum absolute atomic E-state index is 0.112. The summed E-state index contributed by atoms with van der Waals surface area (Å²) in [4.78, 5) is 20.3. The molecule has 0 amide bonds. The third kappa shape index (κ3) is 5.83. The molecule has 0 bridgehead atoms. The minimum Gasteiger partial charge on any atom is -0.485 e. The topological polar surface area (TPSA) is 79.4 Å². The molecule has 5 rings (SSSR count). The average molecular weight is 533 g/mol. The summed E-state index contributed by atoms with van der Waals surface area (Å²) in [6.07, 6.45) is 3.56. The van der Waals surface area contributed by atoms with E-state index >= 15 is 0 Å². The third-order valence-corrected chi connectivity index (χ3v) is 7.32. The van der Waals surface area contributed by atoms with Gasteiger partial charge in [0.25, 0.3) is 5.56 Å². The first-order chi connectivity index (χ1) is 18.9. The number of piperidine rings is 1. The summed E-state index contributed by atoms with van der Waals surface area (Å²) in [7, 11) is 0. The molecule has 39 heavy (non-hydrogen) atoms. The number of aromatic nitrogens is 2. The summed E-state index contributed by atoms with van der Waals surface area (Å²) in [5.74, 6) is -1.00. The van der Waals surface area contributed by atoms with Crippen LogP contribution in [0.15, 0.2) is 76.8 Å². The van der Waals surface area contributed by atoms with E-state index in [1.807, 2.05) is 43.3 Å². The fourth-order valence-electron chi connectivity index (χ4n) is 5.17. The van der Waals surface area contributed by atoms with Crippen LogP contribution >= 0.6 is 0 Å². The monoisotopic (exact) mass is 532 g/mol. The van der Waals surface area contributed by atoms with Crippen LogP contribution in [0.5, 0.6) is 5.75 Å². The predicted octanol–water partition coefficient (Wildman–Crippen LogP) is 4.99. The predicted molar refractivity (Wildman–Crippen MR) is 145 cm³/mol. The molecule has 202 valence electrons. The number of pyridine rings is 1. The van der Waals surface area contributed by atoms with Crippen LogP contribution in [0.25, 0.3) is 5.65 Å². The fourth-order valence-corrected chi connectivity index (χ4v) is 5.17. The van der Waals surface area contributed by atoms with Gasteiger partial charge in [-0.15, -0.1) is 0 Å². The molecule has 2 aromatic heterocycles. The van der Waals surface area contributed by atoms with E-state index in [1.54, 1.807) is 12.3 Å². The van der Waals surface area contributed by atoms with Crippen molar-refractivity contribution in [2.45, 2.75) is 32.8 Å². The smallest absolute Gasteiger partial charge is 0.261 e. The molecule has 0 spiro atoms. The maximum absolute atomic E-state index is 14.3. The van der Waals surface area contributed by atoms with Gasteiger partial charge < -0.3 is 14.8 Å². The van der Waals surface area contributed by atoms with Crippen molar-refractivity contribution in [1.82, 2.24) is 14.3 Å². The van der Waals surface area contributed by atoms with E-state index in [0.717, 1.165) is 17.7 Å². The van der Waals surface area contributed by atoms with Gasteiger partial charge in [0.2, 0.25) is 0 Å². The zero-order valence-electron chi connectivity index (χ0n) is 21.7. The standard InChI is InChI=1S/C30H30F2N4O3/c1-20-24(30(37)36-14-5-8-27(29(36)33-20)39-19-21-6-3-2-4-7-21)13-17-35-15-11-22(12-16-35)28(34-38)25-10-9-23(31)18-26(25)32/h2-10,14,18,22,38H,11-13,15-17,19H2,1H3/b34-28-. The molecular weight excluding hydrogens is 502 g/mol. The van der Waals surface area contributed by atoms with E-state index in [1.165, 1.54) is 10.5 Å². The van der Waals surface area contributed by atoms with Crippen LogP contribution in [0.3, 0.4) is 0 Å². The van der Waals surface area contributed by atoms with Crippen molar-refractivity contribution < 1.29 is 18.7 Å². The number of halogens is 2.